The van der Waals surface area contributed by atoms with Crippen molar-refractivity contribution in [1.29, 1.82) is 0 Å². The first kappa shape index (κ1) is 13.5. The lowest BCUT2D eigenvalue weighted by molar-refractivity contribution is 0.0792. The molecule has 0 saturated carbocycles. The molecule has 3 heteroatoms. The summed E-state index contributed by atoms with van der Waals surface area (Å²) in [4.78, 5) is 16.8. The Bertz CT molecular complexity index is 520. The van der Waals surface area contributed by atoms with E-state index in [9.17, 15) is 4.79 Å². The minimum absolute atomic E-state index is 0.208. The molecular weight excluding hydrogens is 248 g/mol. The molecule has 2 aliphatic heterocycles. The average molecular weight is 272 g/mol. The quantitative estimate of drug-likeness (QED) is 0.785. The van der Waals surface area contributed by atoms with E-state index in [4.69, 9.17) is 0 Å². The summed E-state index contributed by atoms with van der Waals surface area (Å²) in [6.45, 7) is 6.41. The van der Waals surface area contributed by atoms with Crippen LogP contribution >= 0.6 is 0 Å². The summed E-state index contributed by atoms with van der Waals surface area (Å²) < 4.78 is 0. The Balaban J connectivity index is 1.89. The molecule has 1 unspecified atom stereocenters. The van der Waals surface area contributed by atoms with Crippen LogP contribution in [-0.2, 0) is 6.42 Å². The molecule has 0 radical (unpaired) electrons. The second-order valence-electron chi connectivity index (χ2n) is 6.38. The third-order valence-electron chi connectivity index (χ3n) is 5.08. The van der Waals surface area contributed by atoms with Crippen molar-refractivity contribution in [3.63, 3.8) is 0 Å². The van der Waals surface area contributed by atoms with Crippen LogP contribution in [-0.4, -0.2) is 37.0 Å². The lowest BCUT2D eigenvalue weighted by atomic mass is 9.87. The molecule has 0 N–H and O–H groups in total. The number of anilines is 1. The van der Waals surface area contributed by atoms with E-state index in [1.54, 1.807) is 0 Å². The molecular formula is C17H24N2O. The van der Waals surface area contributed by atoms with Crippen molar-refractivity contribution in [2.24, 2.45) is 5.92 Å². The van der Waals surface area contributed by atoms with Gasteiger partial charge in [0.25, 0.3) is 5.91 Å². The molecule has 20 heavy (non-hydrogen) atoms. The van der Waals surface area contributed by atoms with Crippen LogP contribution in [0, 0.1) is 5.92 Å². The number of amides is 1. The minimum Gasteiger partial charge on any atom is -0.371 e. The maximum atomic E-state index is 12.5. The highest BCUT2D eigenvalue weighted by atomic mass is 16.2. The lowest BCUT2D eigenvalue weighted by Gasteiger charge is -2.38. The van der Waals surface area contributed by atoms with Crippen molar-refractivity contribution in [2.75, 3.05) is 25.0 Å². The molecule has 0 aliphatic carbocycles. The van der Waals surface area contributed by atoms with Crippen LogP contribution in [0.2, 0.25) is 0 Å². The van der Waals surface area contributed by atoms with Crippen molar-refractivity contribution < 1.29 is 4.79 Å². The molecule has 1 amide bonds. The zero-order chi connectivity index (χ0) is 14.3. The Labute approximate surface area is 121 Å². The number of carbonyl (C=O) groups is 1. The monoisotopic (exact) mass is 272 g/mol. The van der Waals surface area contributed by atoms with Gasteiger partial charge in [0.2, 0.25) is 0 Å². The Hall–Kier alpha value is -1.51. The molecule has 1 fully saturated rings. The van der Waals surface area contributed by atoms with Crippen molar-refractivity contribution in [3.05, 3.63) is 29.3 Å². The maximum Gasteiger partial charge on any atom is 0.253 e. The maximum absolute atomic E-state index is 12.5. The van der Waals surface area contributed by atoms with Gasteiger partial charge in [-0.3, -0.25) is 4.79 Å². The average Bonchev–Trinajstić information content (AvgIpc) is 2.97. The molecule has 2 atom stereocenters. The molecule has 2 aliphatic rings. The second kappa shape index (κ2) is 5.12. The Morgan fingerprint density at radius 2 is 1.90 bits per heavy atom. The summed E-state index contributed by atoms with van der Waals surface area (Å²) in [7, 11) is 2.15. The van der Waals surface area contributed by atoms with E-state index in [-0.39, 0.29) is 5.91 Å². The van der Waals surface area contributed by atoms with Crippen molar-refractivity contribution >= 4 is 11.6 Å². The van der Waals surface area contributed by atoms with Crippen LogP contribution in [0.3, 0.4) is 0 Å². The summed E-state index contributed by atoms with van der Waals surface area (Å²) in [5.41, 5.74) is 3.47. The SMILES string of the molecule is CC1Cc2cc(C(=O)N3CCCC3)ccc2N(C)[C@H]1C. The van der Waals surface area contributed by atoms with E-state index in [0.29, 0.717) is 12.0 Å². The highest BCUT2D eigenvalue weighted by Gasteiger charge is 2.27. The number of likely N-dealkylation sites (tertiary alicyclic amines) is 1. The number of carbonyl (C=O) groups excluding carboxylic acids is 1. The summed E-state index contributed by atoms with van der Waals surface area (Å²) in [5, 5.41) is 0. The molecule has 108 valence electrons. The highest BCUT2D eigenvalue weighted by Crippen LogP contribution is 2.33. The normalized spacial score (nSPS) is 25.8. The van der Waals surface area contributed by atoms with Crippen molar-refractivity contribution in [3.8, 4) is 0 Å². The number of fused-ring (bicyclic) bond motifs is 1. The van der Waals surface area contributed by atoms with Gasteiger partial charge in [-0.25, -0.2) is 0 Å². The first-order valence-electron chi connectivity index (χ1n) is 7.73. The predicted octanol–water partition coefficient (Wildman–Crippen LogP) is 2.94. The van der Waals surface area contributed by atoms with Crippen LogP contribution in [0.15, 0.2) is 18.2 Å². The van der Waals surface area contributed by atoms with Gasteiger partial charge in [0, 0.05) is 37.4 Å². The van der Waals surface area contributed by atoms with E-state index >= 15 is 0 Å². The van der Waals surface area contributed by atoms with Gasteiger partial charge in [-0.05, 0) is 55.9 Å². The molecule has 2 heterocycles. The van der Waals surface area contributed by atoms with Gasteiger partial charge < -0.3 is 9.80 Å². The lowest BCUT2D eigenvalue weighted by Crippen LogP contribution is -2.39. The van der Waals surface area contributed by atoms with Crippen molar-refractivity contribution in [1.82, 2.24) is 4.90 Å². The number of benzene rings is 1. The molecule has 0 bridgehead atoms. The summed E-state index contributed by atoms with van der Waals surface area (Å²) >= 11 is 0. The number of hydrogen-bond donors (Lipinski definition) is 0. The Kier molecular flexibility index (Phi) is 3.45. The smallest absolute Gasteiger partial charge is 0.253 e. The van der Waals surface area contributed by atoms with Gasteiger partial charge in [-0.15, -0.1) is 0 Å². The predicted molar refractivity (Wildman–Crippen MR) is 82.3 cm³/mol. The van der Waals surface area contributed by atoms with Crippen LogP contribution in [0.1, 0.15) is 42.6 Å². The molecule has 0 spiro atoms. The third kappa shape index (κ3) is 2.19. The zero-order valence-corrected chi connectivity index (χ0v) is 12.7. The standard InChI is InChI=1S/C17H24N2O/c1-12-10-15-11-14(17(20)19-8-4-5-9-19)6-7-16(15)18(3)13(12)2/h6-7,11-13H,4-5,8-10H2,1-3H3/t12?,13-/m0/s1. The van der Waals surface area contributed by atoms with Gasteiger partial charge in [0.1, 0.15) is 0 Å². The van der Waals surface area contributed by atoms with Crippen LogP contribution < -0.4 is 4.90 Å². The summed E-state index contributed by atoms with van der Waals surface area (Å²) in [6, 6.07) is 6.80. The van der Waals surface area contributed by atoms with E-state index in [2.05, 4.69) is 37.9 Å². The van der Waals surface area contributed by atoms with E-state index < -0.39 is 0 Å². The van der Waals surface area contributed by atoms with E-state index in [1.165, 1.54) is 11.3 Å². The van der Waals surface area contributed by atoms with Crippen molar-refractivity contribution in [2.45, 2.75) is 39.2 Å². The zero-order valence-electron chi connectivity index (χ0n) is 12.7. The number of nitrogens with zero attached hydrogens (tertiary/aromatic N) is 2. The molecule has 0 aromatic heterocycles. The van der Waals surface area contributed by atoms with Gasteiger partial charge in [0.15, 0.2) is 0 Å². The third-order valence-corrected chi connectivity index (χ3v) is 5.08. The van der Waals surface area contributed by atoms with Gasteiger partial charge in [0.05, 0.1) is 0 Å². The number of rotatable bonds is 1. The second-order valence-corrected chi connectivity index (χ2v) is 6.38. The van der Waals surface area contributed by atoms with Crippen LogP contribution in [0.25, 0.3) is 0 Å². The van der Waals surface area contributed by atoms with Crippen LogP contribution in [0.5, 0.6) is 0 Å². The topological polar surface area (TPSA) is 23.6 Å². The highest BCUT2D eigenvalue weighted by molar-refractivity contribution is 5.95. The minimum atomic E-state index is 0.208. The van der Waals surface area contributed by atoms with Crippen LogP contribution in [0.4, 0.5) is 5.69 Å². The molecule has 1 aromatic carbocycles. The van der Waals surface area contributed by atoms with Gasteiger partial charge >= 0.3 is 0 Å². The molecule has 1 aromatic rings. The molecule has 3 nitrogen and oxygen atoms in total. The number of hydrogen-bond acceptors (Lipinski definition) is 2. The fourth-order valence-corrected chi connectivity index (χ4v) is 3.45. The summed E-state index contributed by atoms with van der Waals surface area (Å²) in [5.74, 6) is 0.837. The van der Waals surface area contributed by atoms with E-state index in [1.807, 2.05) is 11.0 Å². The fraction of sp³-hybridized carbons (Fsp3) is 0.588. The first-order chi connectivity index (χ1) is 9.58. The first-order valence-corrected chi connectivity index (χ1v) is 7.73. The van der Waals surface area contributed by atoms with Gasteiger partial charge in [-0.1, -0.05) is 6.92 Å². The fourth-order valence-electron chi connectivity index (χ4n) is 3.45. The summed E-state index contributed by atoms with van der Waals surface area (Å²) in [6.07, 6.45) is 3.36. The largest absolute Gasteiger partial charge is 0.371 e. The Morgan fingerprint density at radius 3 is 2.60 bits per heavy atom. The molecule has 3 rings (SSSR count). The van der Waals surface area contributed by atoms with Gasteiger partial charge in [-0.2, -0.15) is 0 Å². The van der Waals surface area contributed by atoms with E-state index in [0.717, 1.165) is 37.9 Å². The molecule has 1 saturated heterocycles. The Morgan fingerprint density at radius 1 is 1.20 bits per heavy atom.